The molecule has 16 heavy (non-hydrogen) atoms. The van der Waals surface area contributed by atoms with Gasteiger partial charge in [0.05, 0.1) is 16.3 Å². The molecule has 0 unspecified atom stereocenters. The number of hydrogen-bond acceptors (Lipinski definition) is 1. The van der Waals surface area contributed by atoms with Crippen molar-refractivity contribution in [2.24, 2.45) is 5.73 Å². The van der Waals surface area contributed by atoms with Gasteiger partial charge in [0.15, 0.2) is 5.11 Å². The van der Waals surface area contributed by atoms with Crippen molar-refractivity contribution in [2.45, 2.75) is 6.18 Å². The molecule has 1 aromatic carbocycles. The molecule has 3 N–H and O–H groups in total. The molecule has 0 aliphatic rings. The van der Waals surface area contributed by atoms with Crippen molar-refractivity contribution < 1.29 is 13.2 Å². The first kappa shape index (κ1) is 13.5. The van der Waals surface area contributed by atoms with Crippen LogP contribution >= 0.6 is 39.7 Å². The van der Waals surface area contributed by atoms with E-state index >= 15 is 0 Å². The van der Waals surface area contributed by atoms with Gasteiger partial charge in [-0.15, -0.1) is 0 Å². The van der Waals surface area contributed by atoms with E-state index in [2.05, 4.69) is 33.5 Å². The standard InChI is InChI=1S/C8H5BrClF3N2S/c9-4-2-5(10)6(15-7(14)16)1-3(4)8(11,12)13/h1-2H,(H3,14,15,16). The fourth-order valence-electron chi connectivity index (χ4n) is 0.995. The number of anilines is 1. The van der Waals surface area contributed by atoms with Gasteiger partial charge in [-0.2, -0.15) is 13.2 Å². The summed E-state index contributed by atoms with van der Waals surface area (Å²) in [4.78, 5) is 0. The molecule has 0 aromatic heterocycles. The minimum Gasteiger partial charge on any atom is -0.376 e. The Kier molecular flexibility index (Phi) is 4.03. The van der Waals surface area contributed by atoms with Crippen LogP contribution in [0.1, 0.15) is 5.56 Å². The van der Waals surface area contributed by atoms with Gasteiger partial charge >= 0.3 is 6.18 Å². The Morgan fingerprint density at radius 3 is 2.44 bits per heavy atom. The largest absolute Gasteiger partial charge is 0.417 e. The maximum Gasteiger partial charge on any atom is 0.417 e. The highest BCUT2D eigenvalue weighted by Gasteiger charge is 2.33. The van der Waals surface area contributed by atoms with Crippen LogP contribution in [-0.4, -0.2) is 5.11 Å². The van der Waals surface area contributed by atoms with Gasteiger partial charge in [-0.1, -0.05) is 27.5 Å². The molecule has 0 heterocycles. The summed E-state index contributed by atoms with van der Waals surface area (Å²) in [6.07, 6.45) is -4.48. The topological polar surface area (TPSA) is 38.0 Å². The van der Waals surface area contributed by atoms with Crippen molar-refractivity contribution in [1.82, 2.24) is 0 Å². The molecular formula is C8H5BrClF3N2S. The summed E-state index contributed by atoms with van der Waals surface area (Å²) in [5.74, 6) is 0. The van der Waals surface area contributed by atoms with Crippen molar-refractivity contribution in [2.75, 3.05) is 5.32 Å². The maximum absolute atomic E-state index is 12.5. The molecule has 1 rings (SSSR count). The van der Waals surface area contributed by atoms with Gasteiger partial charge in [-0.25, -0.2) is 0 Å². The fraction of sp³-hybridized carbons (Fsp3) is 0.125. The first-order valence-electron chi connectivity index (χ1n) is 3.84. The summed E-state index contributed by atoms with van der Waals surface area (Å²) >= 11 is 13.0. The lowest BCUT2D eigenvalue weighted by molar-refractivity contribution is -0.138. The summed E-state index contributed by atoms with van der Waals surface area (Å²) in [5.41, 5.74) is 4.33. The van der Waals surface area contributed by atoms with E-state index in [9.17, 15) is 13.2 Å². The minimum absolute atomic E-state index is 0.0182. The van der Waals surface area contributed by atoms with E-state index < -0.39 is 11.7 Å². The third-order valence-corrected chi connectivity index (χ3v) is 2.69. The van der Waals surface area contributed by atoms with Crippen molar-refractivity contribution in [1.29, 1.82) is 0 Å². The SMILES string of the molecule is NC(=S)Nc1cc(C(F)(F)F)c(Br)cc1Cl. The first-order valence-corrected chi connectivity index (χ1v) is 5.42. The summed E-state index contributed by atoms with van der Waals surface area (Å²) in [5, 5.41) is 2.30. The molecule has 0 fully saturated rings. The molecule has 0 amide bonds. The maximum atomic E-state index is 12.5. The number of benzene rings is 1. The van der Waals surface area contributed by atoms with Gasteiger partial charge in [0.1, 0.15) is 0 Å². The van der Waals surface area contributed by atoms with Gasteiger partial charge in [0.25, 0.3) is 0 Å². The number of halogens is 5. The quantitative estimate of drug-likeness (QED) is 0.768. The second-order valence-corrected chi connectivity index (χ2v) is 4.50. The zero-order chi connectivity index (χ0) is 12.5. The molecule has 0 atom stereocenters. The third-order valence-electron chi connectivity index (χ3n) is 1.62. The van der Waals surface area contributed by atoms with Crippen LogP contribution in [0.15, 0.2) is 16.6 Å². The molecule has 88 valence electrons. The molecular weight excluding hydrogens is 329 g/mol. The van der Waals surface area contributed by atoms with Gasteiger partial charge in [0, 0.05) is 4.47 Å². The summed E-state index contributed by atoms with van der Waals surface area (Å²) in [6, 6.07) is 1.97. The van der Waals surface area contributed by atoms with Crippen LogP contribution in [0, 0.1) is 0 Å². The van der Waals surface area contributed by atoms with Crippen LogP contribution in [0.3, 0.4) is 0 Å². The van der Waals surface area contributed by atoms with E-state index in [0.29, 0.717) is 0 Å². The number of rotatable bonds is 1. The molecule has 0 spiro atoms. The average Bonchev–Trinajstić information content (AvgIpc) is 2.06. The molecule has 2 nitrogen and oxygen atoms in total. The highest BCUT2D eigenvalue weighted by Crippen LogP contribution is 2.39. The van der Waals surface area contributed by atoms with E-state index in [0.717, 1.165) is 12.1 Å². The van der Waals surface area contributed by atoms with E-state index in [1.165, 1.54) is 0 Å². The first-order chi connectivity index (χ1) is 7.21. The number of nitrogens with one attached hydrogen (secondary N) is 1. The van der Waals surface area contributed by atoms with Crippen LogP contribution in [-0.2, 0) is 6.18 Å². The Morgan fingerprint density at radius 2 is 2.00 bits per heavy atom. The van der Waals surface area contributed by atoms with Crippen LogP contribution < -0.4 is 11.1 Å². The zero-order valence-electron chi connectivity index (χ0n) is 7.53. The molecule has 8 heteroatoms. The summed E-state index contributed by atoms with van der Waals surface area (Å²) in [7, 11) is 0. The monoisotopic (exact) mass is 332 g/mol. The highest BCUT2D eigenvalue weighted by atomic mass is 79.9. The lowest BCUT2D eigenvalue weighted by atomic mass is 10.2. The third kappa shape index (κ3) is 3.23. The van der Waals surface area contributed by atoms with Crippen LogP contribution in [0.2, 0.25) is 5.02 Å². The van der Waals surface area contributed by atoms with Gasteiger partial charge < -0.3 is 11.1 Å². The molecule has 0 saturated heterocycles. The second kappa shape index (κ2) is 4.77. The van der Waals surface area contributed by atoms with Gasteiger partial charge in [0.2, 0.25) is 0 Å². The number of nitrogens with two attached hydrogens (primary N) is 1. The lowest BCUT2D eigenvalue weighted by Crippen LogP contribution is -2.19. The second-order valence-electron chi connectivity index (χ2n) is 2.80. The number of alkyl halides is 3. The van der Waals surface area contributed by atoms with E-state index in [-0.39, 0.29) is 20.3 Å². The fourth-order valence-corrected chi connectivity index (χ4v) is 2.02. The minimum atomic E-state index is -4.48. The zero-order valence-corrected chi connectivity index (χ0v) is 10.7. The van der Waals surface area contributed by atoms with E-state index in [4.69, 9.17) is 17.3 Å². The predicted molar refractivity (Wildman–Crippen MR) is 64.6 cm³/mol. The Balaban J connectivity index is 3.27. The van der Waals surface area contributed by atoms with Gasteiger partial charge in [-0.05, 0) is 24.4 Å². The smallest absolute Gasteiger partial charge is 0.376 e. The van der Waals surface area contributed by atoms with Gasteiger partial charge in [-0.3, -0.25) is 0 Å². The summed E-state index contributed by atoms with van der Waals surface area (Å²) in [6.45, 7) is 0. The van der Waals surface area contributed by atoms with E-state index in [1.807, 2.05) is 0 Å². The molecule has 0 aliphatic heterocycles. The highest BCUT2D eigenvalue weighted by molar-refractivity contribution is 9.10. The van der Waals surface area contributed by atoms with Crippen LogP contribution in [0.4, 0.5) is 18.9 Å². The van der Waals surface area contributed by atoms with Crippen molar-refractivity contribution in [3.63, 3.8) is 0 Å². The Bertz CT molecular complexity index is 436. The Hall–Kier alpha value is -0.530. The Labute approximate surface area is 108 Å². The van der Waals surface area contributed by atoms with Crippen molar-refractivity contribution in [3.8, 4) is 0 Å². The summed E-state index contributed by atoms with van der Waals surface area (Å²) < 4.78 is 37.5. The Morgan fingerprint density at radius 1 is 1.44 bits per heavy atom. The number of thiocarbonyl (C=S) groups is 1. The molecule has 0 radical (unpaired) electrons. The molecule has 0 saturated carbocycles. The van der Waals surface area contributed by atoms with Crippen LogP contribution in [0.5, 0.6) is 0 Å². The predicted octanol–water partition coefficient (Wildman–Crippen LogP) is 3.78. The van der Waals surface area contributed by atoms with Crippen LogP contribution in [0.25, 0.3) is 0 Å². The van der Waals surface area contributed by atoms with E-state index in [1.54, 1.807) is 0 Å². The normalized spacial score (nSPS) is 11.3. The molecule has 1 aromatic rings. The molecule has 0 bridgehead atoms. The van der Waals surface area contributed by atoms with Crippen molar-refractivity contribution in [3.05, 3.63) is 27.2 Å². The number of hydrogen-bond donors (Lipinski definition) is 2. The molecule has 0 aliphatic carbocycles. The lowest BCUT2D eigenvalue weighted by Gasteiger charge is -2.13. The van der Waals surface area contributed by atoms with Crippen molar-refractivity contribution >= 4 is 50.5 Å². The average molecular weight is 334 g/mol.